The van der Waals surface area contributed by atoms with Crippen molar-refractivity contribution >= 4 is 28.1 Å². The molecule has 0 aliphatic rings. The quantitative estimate of drug-likeness (QED) is 0.0601. The lowest BCUT2D eigenvalue weighted by molar-refractivity contribution is -0.416. The first-order chi connectivity index (χ1) is 20.1. The van der Waals surface area contributed by atoms with Crippen LogP contribution in [0.25, 0.3) is 0 Å². The molecule has 3 aromatic rings. The average molecular weight is 649 g/mol. The van der Waals surface area contributed by atoms with E-state index in [1.54, 1.807) is 0 Å². The first-order valence-corrected chi connectivity index (χ1v) is 12.6. The number of aromatic hydroxyl groups is 8. The summed E-state index contributed by atoms with van der Waals surface area (Å²) in [5.41, 5.74) is 1.23. The largest absolute Gasteiger partial charge is 0.504 e. The Morgan fingerprint density at radius 3 is 1.89 bits per heavy atom. The van der Waals surface area contributed by atoms with E-state index in [4.69, 9.17) is 10.5 Å². The van der Waals surface area contributed by atoms with Gasteiger partial charge in [-0.1, -0.05) is 0 Å². The van der Waals surface area contributed by atoms with Crippen LogP contribution in [0.4, 0.5) is 10.8 Å². The molecule has 1 unspecified atom stereocenters. The van der Waals surface area contributed by atoms with Gasteiger partial charge in [-0.15, -0.1) is 11.3 Å². The summed E-state index contributed by atoms with van der Waals surface area (Å²) in [5, 5.41) is 150. The highest BCUT2D eigenvalue weighted by molar-refractivity contribution is 7.13. The smallest absolute Gasteiger partial charge is 0.288 e. The number of aliphatic hydroxyl groups is 6. The van der Waals surface area contributed by atoms with Gasteiger partial charge in [-0.25, -0.2) is 10.3 Å². The Labute approximate surface area is 248 Å². The molecular formula is C23H28N4O16S. The number of ether oxygens (including phenoxy) is 1. The molecule has 0 fully saturated rings. The van der Waals surface area contributed by atoms with Gasteiger partial charge in [0, 0.05) is 23.6 Å². The highest BCUT2D eigenvalue weighted by Crippen LogP contribution is 2.55. The predicted octanol–water partition coefficient (Wildman–Crippen LogP) is -2.75. The zero-order valence-corrected chi connectivity index (χ0v) is 23.2. The topological polar surface area (TPSA) is 372 Å². The van der Waals surface area contributed by atoms with Crippen LogP contribution in [0.3, 0.4) is 0 Å². The first kappa shape index (κ1) is 33.9. The Morgan fingerprint density at radius 2 is 1.41 bits per heavy atom. The third-order valence-corrected chi connectivity index (χ3v) is 7.04. The summed E-state index contributed by atoms with van der Waals surface area (Å²) in [4.78, 5) is 16.2. The number of phenolic OH excluding ortho intramolecular Hbond substituents is 8. The van der Waals surface area contributed by atoms with Crippen molar-refractivity contribution < 1.29 is 81.0 Å². The van der Waals surface area contributed by atoms with Gasteiger partial charge < -0.3 is 87.3 Å². The highest BCUT2D eigenvalue weighted by atomic mass is 32.1. The molecule has 18 N–H and O–H groups in total. The number of amides is 1. The number of hydrogen-bond donors (Lipinski definition) is 17. The first-order valence-electron chi connectivity index (χ1n) is 11.7. The molecule has 3 rings (SSSR count). The maximum atomic E-state index is 12.3. The van der Waals surface area contributed by atoms with Crippen LogP contribution in [0, 0.1) is 6.92 Å². The van der Waals surface area contributed by atoms with Crippen molar-refractivity contribution in [2.24, 2.45) is 0 Å². The molecule has 1 atom stereocenters. The molecule has 1 amide bonds. The predicted molar refractivity (Wildman–Crippen MR) is 143 cm³/mol. The van der Waals surface area contributed by atoms with Crippen molar-refractivity contribution in [3.05, 3.63) is 27.8 Å². The second kappa shape index (κ2) is 11.5. The summed E-state index contributed by atoms with van der Waals surface area (Å²) in [6.07, 6.45) is -2.97. The molecule has 0 saturated heterocycles. The van der Waals surface area contributed by atoms with Crippen LogP contribution in [0.1, 0.15) is 28.5 Å². The number of benzene rings is 2. The van der Waals surface area contributed by atoms with Gasteiger partial charge in [0.15, 0.2) is 45.7 Å². The number of nitrogens with two attached hydrogens (primary N) is 1. The molecular weight excluding hydrogens is 620 g/mol. The number of nitrogen functional groups attached to an aromatic ring is 1. The third-order valence-electron chi connectivity index (χ3n) is 6.32. The number of anilines is 2. The van der Waals surface area contributed by atoms with Crippen LogP contribution in [-0.4, -0.2) is 101 Å². The van der Waals surface area contributed by atoms with E-state index in [1.165, 1.54) is 5.38 Å². The van der Waals surface area contributed by atoms with Gasteiger partial charge in [-0.3, -0.25) is 4.79 Å². The SMILES string of the molecule is COC(c1c(C)c(O)c(O)c(O)c1O)C(O)(O)NC(O)(O)C(O)(O)c1c(O)c(O)c(NC(=O)Cc2csc(N)n2)c(O)c1O. The van der Waals surface area contributed by atoms with Gasteiger partial charge >= 0.3 is 0 Å². The second-order valence-electron chi connectivity index (χ2n) is 9.29. The number of methoxy groups -OCH3 is 1. The molecule has 2 aromatic carbocycles. The van der Waals surface area contributed by atoms with Crippen molar-refractivity contribution in [2.75, 3.05) is 18.2 Å². The van der Waals surface area contributed by atoms with Crippen molar-refractivity contribution in [2.45, 2.75) is 37.1 Å². The van der Waals surface area contributed by atoms with E-state index in [9.17, 15) is 76.3 Å². The third kappa shape index (κ3) is 5.69. The van der Waals surface area contributed by atoms with Crippen molar-refractivity contribution in [1.82, 2.24) is 10.3 Å². The van der Waals surface area contributed by atoms with Gasteiger partial charge in [0.1, 0.15) is 11.3 Å². The van der Waals surface area contributed by atoms with Gasteiger partial charge in [0.05, 0.1) is 12.1 Å². The molecule has 21 heteroatoms. The fourth-order valence-corrected chi connectivity index (χ4v) is 4.68. The summed E-state index contributed by atoms with van der Waals surface area (Å²) >= 11 is 0.990. The summed E-state index contributed by atoms with van der Waals surface area (Å²) < 4.78 is 4.82. The minimum absolute atomic E-state index is 0.114. The lowest BCUT2D eigenvalue weighted by Crippen LogP contribution is -2.69. The van der Waals surface area contributed by atoms with Crippen LogP contribution in [0.2, 0.25) is 0 Å². The number of phenols is 8. The van der Waals surface area contributed by atoms with Crippen LogP contribution in [0.5, 0.6) is 46.0 Å². The minimum Gasteiger partial charge on any atom is -0.504 e. The number of thiazole rings is 1. The number of rotatable bonds is 10. The summed E-state index contributed by atoms with van der Waals surface area (Å²) in [5.74, 6) is -25.6. The Morgan fingerprint density at radius 1 is 0.886 bits per heavy atom. The van der Waals surface area contributed by atoms with Gasteiger partial charge in [-0.2, -0.15) is 0 Å². The van der Waals surface area contributed by atoms with E-state index in [0.717, 1.165) is 30.7 Å². The van der Waals surface area contributed by atoms with Gasteiger partial charge in [-0.05, 0) is 6.92 Å². The van der Waals surface area contributed by atoms with Crippen molar-refractivity contribution in [1.29, 1.82) is 0 Å². The highest BCUT2D eigenvalue weighted by Gasteiger charge is 2.58. The number of carbonyl (C=O) groups excluding carboxylic acids is 1. The maximum Gasteiger partial charge on any atom is 0.288 e. The number of carbonyl (C=O) groups is 1. The fraction of sp³-hybridized carbons (Fsp3) is 0.304. The van der Waals surface area contributed by atoms with Crippen LogP contribution >= 0.6 is 11.3 Å². The van der Waals surface area contributed by atoms with E-state index in [-0.39, 0.29) is 10.8 Å². The molecule has 0 saturated carbocycles. The molecule has 20 nitrogen and oxygen atoms in total. The number of aromatic nitrogens is 1. The van der Waals surface area contributed by atoms with E-state index in [2.05, 4.69) is 4.98 Å². The van der Waals surface area contributed by atoms with Crippen molar-refractivity contribution in [3.63, 3.8) is 0 Å². The van der Waals surface area contributed by atoms with Gasteiger partial charge in [0.2, 0.25) is 17.4 Å². The average Bonchev–Trinajstić information content (AvgIpc) is 3.33. The Kier molecular flexibility index (Phi) is 8.86. The fourth-order valence-electron chi connectivity index (χ4n) is 4.12. The Bertz CT molecular complexity index is 1550. The van der Waals surface area contributed by atoms with E-state index in [1.807, 2.05) is 5.32 Å². The molecule has 44 heavy (non-hydrogen) atoms. The number of hydrogen-bond acceptors (Lipinski definition) is 20. The molecule has 242 valence electrons. The zero-order chi connectivity index (χ0) is 33.7. The molecule has 0 bridgehead atoms. The summed E-state index contributed by atoms with van der Waals surface area (Å²) in [6.45, 7) is 0.980. The summed E-state index contributed by atoms with van der Waals surface area (Å²) in [7, 11) is 0.735. The van der Waals surface area contributed by atoms with Gasteiger partial charge in [0.25, 0.3) is 17.6 Å². The molecule has 0 spiro atoms. The lowest BCUT2D eigenvalue weighted by atomic mass is 9.94. The lowest BCUT2D eigenvalue weighted by Gasteiger charge is -2.42. The van der Waals surface area contributed by atoms with E-state index >= 15 is 0 Å². The number of nitrogens with zero attached hydrogens (tertiary/aromatic N) is 1. The van der Waals surface area contributed by atoms with Crippen LogP contribution in [0.15, 0.2) is 5.38 Å². The van der Waals surface area contributed by atoms with E-state index < -0.39 is 104 Å². The molecule has 0 radical (unpaired) electrons. The van der Waals surface area contributed by atoms with Crippen LogP contribution in [-0.2, 0) is 21.7 Å². The normalized spacial score (nSPS) is 13.2. The van der Waals surface area contributed by atoms with Crippen LogP contribution < -0.4 is 16.4 Å². The monoisotopic (exact) mass is 648 g/mol. The summed E-state index contributed by atoms with van der Waals surface area (Å²) in [6, 6.07) is 0. The Hall–Kier alpha value is -4.58. The molecule has 0 aliphatic heterocycles. The molecule has 1 heterocycles. The van der Waals surface area contributed by atoms with Crippen molar-refractivity contribution in [3.8, 4) is 46.0 Å². The maximum absolute atomic E-state index is 12.3. The standard InChI is InChI=1S/C23H28N4O16S/c1-5-8(12(30)18(36)17(35)11(5)29)19(43-2)22(39,40)27-23(41,42)21(37,38)9-13(31)15(33)10(16(34)14(9)32)26-7(28)3-6-4-44-20(24)25-6/h4,19,27,29-42H,3H2,1-2H3,(H2,24,25)(H,26,28). The molecule has 0 aliphatic carbocycles. The Balaban J connectivity index is 2.03. The zero-order valence-electron chi connectivity index (χ0n) is 22.4. The van der Waals surface area contributed by atoms with E-state index in [0.29, 0.717) is 0 Å². The second-order valence-corrected chi connectivity index (χ2v) is 10.2. The molecule has 1 aromatic heterocycles. The minimum atomic E-state index is -4.53. The number of nitrogens with one attached hydrogen (secondary N) is 2.